The third-order valence-corrected chi connectivity index (χ3v) is 4.76. The number of nitrogens with one attached hydrogen (secondary N) is 1. The molecule has 0 amide bonds. The van der Waals surface area contributed by atoms with E-state index in [2.05, 4.69) is 29.1 Å². The van der Waals surface area contributed by atoms with Crippen molar-refractivity contribution < 1.29 is 4.79 Å². The molecule has 0 aliphatic carbocycles. The van der Waals surface area contributed by atoms with Crippen molar-refractivity contribution in [2.45, 2.75) is 58.4 Å². The molecule has 0 bridgehead atoms. The summed E-state index contributed by atoms with van der Waals surface area (Å²) in [4.78, 5) is 20.0. The van der Waals surface area contributed by atoms with Crippen LogP contribution < -0.4 is 11.1 Å². The van der Waals surface area contributed by atoms with Gasteiger partial charge in [-0.05, 0) is 38.1 Å². The van der Waals surface area contributed by atoms with Crippen LogP contribution in [0.3, 0.4) is 0 Å². The number of anilines is 2. The maximum atomic E-state index is 11.4. The van der Waals surface area contributed by atoms with Gasteiger partial charge in [-0.2, -0.15) is 4.98 Å². The van der Waals surface area contributed by atoms with Crippen LogP contribution in [0.4, 0.5) is 11.8 Å². The molecule has 2 aromatic heterocycles. The van der Waals surface area contributed by atoms with Gasteiger partial charge in [-0.1, -0.05) is 19.8 Å². The lowest BCUT2D eigenvalue weighted by Gasteiger charge is -2.31. The minimum absolute atomic E-state index is 0.167. The van der Waals surface area contributed by atoms with Gasteiger partial charge in [0, 0.05) is 12.0 Å². The second-order valence-electron chi connectivity index (χ2n) is 6.06. The zero-order valence-corrected chi connectivity index (χ0v) is 14.3. The monoisotopic (exact) mass is 320 g/mol. The van der Waals surface area contributed by atoms with Gasteiger partial charge in [-0.25, -0.2) is 4.98 Å². The number of ketones is 1. The molecule has 22 heavy (non-hydrogen) atoms. The van der Waals surface area contributed by atoms with Crippen LogP contribution in [0.1, 0.15) is 52.9 Å². The van der Waals surface area contributed by atoms with E-state index in [0.717, 1.165) is 41.7 Å². The van der Waals surface area contributed by atoms with Gasteiger partial charge in [0.1, 0.15) is 11.6 Å². The number of carbonyl (C=O) groups is 1. The second-order valence-corrected chi connectivity index (χ2v) is 6.97. The quantitative estimate of drug-likeness (QED) is 0.768. The number of hydrogen-bond acceptors (Lipinski definition) is 6. The van der Waals surface area contributed by atoms with Crippen LogP contribution in [0.5, 0.6) is 0 Å². The standard InChI is InChI=1S/C16H24N4OS/c1-4-5-8-16(3,9-6-11(2)21)20-14-13-12(7-10-22-13)18-15(17)19-14/h7,10H,4-6,8-9H2,1-3H3,(H3,17,18,19,20)/t16-/m1/s1. The van der Waals surface area contributed by atoms with Crippen molar-refractivity contribution in [1.29, 1.82) is 0 Å². The van der Waals surface area contributed by atoms with Crippen LogP contribution >= 0.6 is 11.3 Å². The summed E-state index contributed by atoms with van der Waals surface area (Å²) in [5, 5.41) is 5.53. The SMILES string of the molecule is CCCC[C@](C)(CCC(C)=O)Nc1nc(N)nc2ccsc12. The highest BCUT2D eigenvalue weighted by atomic mass is 32.1. The Morgan fingerprint density at radius 2 is 2.18 bits per heavy atom. The lowest BCUT2D eigenvalue weighted by atomic mass is 9.89. The highest BCUT2D eigenvalue weighted by Gasteiger charge is 2.25. The van der Waals surface area contributed by atoms with E-state index in [1.807, 2.05) is 11.4 Å². The molecule has 3 N–H and O–H groups in total. The smallest absolute Gasteiger partial charge is 0.222 e. The van der Waals surface area contributed by atoms with E-state index in [1.165, 1.54) is 0 Å². The molecule has 0 spiro atoms. The van der Waals surface area contributed by atoms with Crippen molar-refractivity contribution in [2.24, 2.45) is 0 Å². The summed E-state index contributed by atoms with van der Waals surface area (Å²) in [7, 11) is 0. The molecule has 2 heterocycles. The van der Waals surface area contributed by atoms with Gasteiger partial charge in [-0.3, -0.25) is 0 Å². The summed E-state index contributed by atoms with van der Waals surface area (Å²) >= 11 is 1.60. The van der Waals surface area contributed by atoms with Gasteiger partial charge in [0.25, 0.3) is 0 Å². The molecule has 1 atom stereocenters. The van der Waals surface area contributed by atoms with Crippen LogP contribution in [0.15, 0.2) is 11.4 Å². The Labute approximate surface area is 135 Å². The predicted molar refractivity (Wildman–Crippen MR) is 93.3 cm³/mol. The molecule has 2 rings (SSSR count). The summed E-state index contributed by atoms with van der Waals surface area (Å²) in [6.07, 6.45) is 4.58. The number of fused-ring (bicyclic) bond motifs is 1. The molecule has 0 radical (unpaired) electrons. The third kappa shape index (κ3) is 4.16. The van der Waals surface area contributed by atoms with E-state index in [9.17, 15) is 4.79 Å². The molecule has 0 unspecified atom stereocenters. The Hall–Kier alpha value is -1.69. The highest BCUT2D eigenvalue weighted by Crippen LogP contribution is 2.32. The van der Waals surface area contributed by atoms with Crippen LogP contribution in [-0.2, 0) is 4.79 Å². The molecule has 0 fully saturated rings. The molecule has 0 aliphatic heterocycles. The number of rotatable bonds is 8. The fourth-order valence-corrected chi connectivity index (χ4v) is 3.30. The summed E-state index contributed by atoms with van der Waals surface area (Å²) in [6, 6.07) is 1.95. The largest absolute Gasteiger partial charge is 0.368 e. The van der Waals surface area contributed by atoms with Crippen molar-refractivity contribution in [3.05, 3.63) is 11.4 Å². The number of carbonyl (C=O) groups excluding carboxylic acids is 1. The molecule has 0 saturated heterocycles. The third-order valence-electron chi connectivity index (χ3n) is 3.85. The first-order chi connectivity index (χ1) is 10.4. The molecule has 120 valence electrons. The van der Waals surface area contributed by atoms with E-state index < -0.39 is 0 Å². The lowest BCUT2D eigenvalue weighted by Crippen LogP contribution is -2.35. The van der Waals surface area contributed by atoms with Crippen molar-refractivity contribution in [2.75, 3.05) is 11.1 Å². The van der Waals surface area contributed by atoms with Crippen molar-refractivity contribution in [1.82, 2.24) is 9.97 Å². The fourth-order valence-electron chi connectivity index (χ4n) is 2.52. The Morgan fingerprint density at radius 3 is 2.86 bits per heavy atom. The molecular weight excluding hydrogens is 296 g/mol. The Bertz CT molecular complexity index is 655. The van der Waals surface area contributed by atoms with Crippen LogP contribution in [-0.4, -0.2) is 21.3 Å². The zero-order valence-electron chi connectivity index (χ0n) is 13.5. The summed E-state index contributed by atoms with van der Waals surface area (Å²) in [5.41, 5.74) is 6.51. The lowest BCUT2D eigenvalue weighted by molar-refractivity contribution is -0.117. The Morgan fingerprint density at radius 1 is 1.41 bits per heavy atom. The van der Waals surface area contributed by atoms with Gasteiger partial charge < -0.3 is 15.8 Å². The first-order valence-corrected chi connectivity index (χ1v) is 8.60. The maximum absolute atomic E-state index is 11.4. The molecule has 0 aliphatic rings. The van der Waals surface area contributed by atoms with Crippen LogP contribution in [0, 0.1) is 0 Å². The number of aromatic nitrogens is 2. The van der Waals surface area contributed by atoms with Gasteiger partial charge in [0.05, 0.1) is 10.2 Å². The van der Waals surface area contributed by atoms with Crippen molar-refractivity contribution >= 4 is 39.1 Å². The first kappa shape index (κ1) is 16.7. The fraction of sp³-hybridized carbons (Fsp3) is 0.562. The average Bonchev–Trinajstić information content (AvgIpc) is 2.91. The molecule has 6 heteroatoms. The topological polar surface area (TPSA) is 80.9 Å². The minimum Gasteiger partial charge on any atom is -0.368 e. The number of nitrogens with zero attached hydrogens (tertiary/aromatic N) is 2. The average molecular weight is 320 g/mol. The highest BCUT2D eigenvalue weighted by molar-refractivity contribution is 7.17. The molecular formula is C16H24N4OS. The van der Waals surface area contributed by atoms with Crippen molar-refractivity contribution in [3.8, 4) is 0 Å². The summed E-state index contributed by atoms with van der Waals surface area (Å²) < 4.78 is 1.01. The molecule has 0 saturated carbocycles. The number of nitrogen functional groups attached to an aromatic ring is 1. The van der Waals surface area contributed by atoms with E-state index in [0.29, 0.717) is 6.42 Å². The van der Waals surface area contributed by atoms with Gasteiger partial charge in [-0.15, -0.1) is 11.3 Å². The summed E-state index contributed by atoms with van der Waals surface area (Å²) in [6.45, 7) is 5.97. The second kappa shape index (κ2) is 7.05. The van der Waals surface area contributed by atoms with E-state index in [4.69, 9.17) is 5.73 Å². The van der Waals surface area contributed by atoms with E-state index >= 15 is 0 Å². The Kier molecular flexibility index (Phi) is 5.34. The number of thiophene rings is 1. The normalized spacial score (nSPS) is 14.0. The Balaban J connectivity index is 2.27. The molecule has 5 nitrogen and oxygen atoms in total. The number of nitrogens with two attached hydrogens (primary N) is 1. The van der Waals surface area contributed by atoms with Gasteiger partial charge in [0.2, 0.25) is 5.95 Å². The van der Waals surface area contributed by atoms with E-state index in [1.54, 1.807) is 18.3 Å². The van der Waals surface area contributed by atoms with Crippen LogP contribution in [0.25, 0.3) is 10.2 Å². The number of unbranched alkanes of at least 4 members (excludes halogenated alkanes) is 1. The molecule has 2 aromatic rings. The van der Waals surface area contributed by atoms with E-state index in [-0.39, 0.29) is 17.3 Å². The maximum Gasteiger partial charge on any atom is 0.222 e. The van der Waals surface area contributed by atoms with Gasteiger partial charge in [0.15, 0.2) is 0 Å². The van der Waals surface area contributed by atoms with Crippen molar-refractivity contribution in [3.63, 3.8) is 0 Å². The van der Waals surface area contributed by atoms with Crippen LogP contribution in [0.2, 0.25) is 0 Å². The molecule has 0 aromatic carbocycles. The first-order valence-electron chi connectivity index (χ1n) is 7.72. The zero-order chi connectivity index (χ0) is 16.2. The summed E-state index contributed by atoms with van der Waals surface area (Å²) in [5.74, 6) is 1.27. The van der Waals surface area contributed by atoms with Gasteiger partial charge >= 0.3 is 0 Å². The minimum atomic E-state index is -0.167. The number of Topliss-reactive ketones (excluding diaryl/α,β-unsaturated/α-hetero) is 1. The number of hydrogen-bond donors (Lipinski definition) is 2. The predicted octanol–water partition coefficient (Wildman–Crippen LogP) is 4.00.